The summed E-state index contributed by atoms with van der Waals surface area (Å²) >= 11 is 8.17. The maximum Gasteiger partial charge on any atom is 0.228 e. The molecular weight excluding hydrogens is 514 g/mol. The number of anilines is 4. The van der Waals surface area contributed by atoms with Crippen molar-refractivity contribution in [2.45, 2.75) is 19.3 Å². The quantitative estimate of drug-likeness (QED) is 0.350. The van der Waals surface area contributed by atoms with E-state index in [1.54, 1.807) is 25.6 Å². The van der Waals surface area contributed by atoms with E-state index in [0.717, 1.165) is 74.4 Å². The van der Waals surface area contributed by atoms with Crippen LogP contribution in [0.5, 0.6) is 0 Å². The van der Waals surface area contributed by atoms with Crippen LogP contribution in [-0.2, 0) is 9.47 Å². The molecule has 13 heteroatoms. The highest BCUT2D eigenvalue weighted by atomic mass is 35.5. The zero-order valence-corrected chi connectivity index (χ0v) is 23.0. The van der Waals surface area contributed by atoms with Crippen LogP contribution in [0.15, 0.2) is 11.6 Å². The summed E-state index contributed by atoms with van der Waals surface area (Å²) in [5.41, 5.74) is 1.44. The molecule has 5 rings (SSSR count). The van der Waals surface area contributed by atoms with E-state index in [1.165, 1.54) is 6.42 Å². The highest BCUT2D eigenvalue weighted by Gasteiger charge is 2.27. The van der Waals surface area contributed by atoms with Gasteiger partial charge in [0.2, 0.25) is 11.2 Å². The first kappa shape index (κ1) is 26.1. The number of nitrogens with zero attached hydrogens (tertiary/aromatic N) is 9. The zero-order valence-electron chi connectivity index (χ0n) is 21.5. The Balaban J connectivity index is 1.56. The third-order valence-corrected chi connectivity index (χ3v) is 7.81. The Kier molecular flexibility index (Phi) is 8.70. The lowest BCUT2D eigenvalue weighted by molar-refractivity contribution is 0.189. The van der Waals surface area contributed by atoms with Crippen LogP contribution in [0.25, 0.3) is 11.0 Å². The molecule has 11 nitrogen and oxygen atoms in total. The van der Waals surface area contributed by atoms with Crippen molar-refractivity contribution in [3.8, 4) is 0 Å². The van der Waals surface area contributed by atoms with Crippen molar-refractivity contribution in [1.82, 2.24) is 24.9 Å². The average molecular weight is 548 g/mol. The van der Waals surface area contributed by atoms with Gasteiger partial charge >= 0.3 is 0 Å². The van der Waals surface area contributed by atoms with Crippen LogP contribution in [0, 0.1) is 0 Å². The van der Waals surface area contributed by atoms with Gasteiger partial charge in [0.15, 0.2) is 16.8 Å². The fourth-order valence-corrected chi connectivity index (χ4v) is 5.69. The number of aromatic nitrogens is 5. The number of methoxy groups -OCH3 is 2. The topological polar surface area (TPSA) is 95.9 Å². The monoisotopic (exact) mass is 547 g/mol. The SMILES string of the molecule is COCCN(CCOC)c1nc(N2CCN(c3nccs3)CC2)c2nc(Cl)nc(N3CCCCC3)c2n1. The number of hydrogen-bond donors (Lipinski definition) is 0. The Bertz CT molecular complexity index is 1150. The van der Waals surface area contributed by atoms with Gasteiger partial charge in [-0.1, -0.05) is 0 Å². The lowest BCUT2D eigenvalue weighted by Crippen LogP contribution is -2.47. The maximum absolute atomic E-state index is 6.50. The number of halogens is 1. The molecule has 0 spiro atoms. The van der Waals surface area contributed by atoms with Crippen molar-refractivity contribution in [2.24, 2.45) is 0 Å². The van der Waals surface area contributed by atoms with E-state index in [2.05, 4.69) is 34.6 Å². The van der Waals surface area contributed by atoms with Crippen LogP contribution in [0.4, 0.5) is 22.7 Å². The maximum atomic E-state index is 6.50. The molecular formula is C24H34ClN9O2S. The Morgan fingerprint density at radius 2 is 1.43 bits per heavy atom. The summed E-state index contributed by atoms with van der Waals surface area (Å²) < 4.78 is 10.8. The number of piperidine rings is 1. The van der Waals surface area contributed by atoms with Crippen LogP contribution in [0.3, 0.4) is 0 Å². The molecule has 0 aromatic carbocycles. The van der Waals surface area contributed by atoms with Crippen molar-refractivity contribution in [3.05, 3.63) is 16.9 Å². The number of ether oxygens (including phenoxy) is 2. The van der Waals surface area contributed by atoms with Crippen molar-refractivity contribution < 1.29 is 9.47 Å². The van der Waals surface area contributed by atoms with Gasteiger partial charge in [-0.2, -0.15) is 9.97 Å². The minimum absolute atomic E-state index is 0.225. The molecule has 0 atom stereocenters. The summed E-state index contributed by atoms with van der Waals surface area (Å²) in [5, 5.41) is 3.29. The molecule has 2 fully saturated rings. The fraction of sp³-hybridized carbons (Fsp3) is 0.625. The Morgan fingerprint density at radius 3 is 2.08 bits per heavy atom. The largest absolute Gasteiger partial charge is 0.383 e. The van der Waals surface area contributed by atoms with Crippen molar-refractivity contribution in [2.75, 3.05) is 99.4 Å². The third-order valence-electron chi connectivity index (χ3n) is 6.81. The van der Waals surface area contributed by atoms with E-state index in [9.17, 15) is 0 Å². The molecule has 0 saturated carbocycles. The second-order valence-corrected chi connectivity index (χ2v) is 10.4. The van der Waals surface area contributed by atoms with E-state index >= 15 is 0 Å². The summed E-state index contributed by atoms with van der Waals surface area (Å²) in [4.78, 5) is 32.9. The molecule has 37 heavy (non-hydrogen) atoms. The molecule has 0 radical (unpaired) electrons. The number of hydrogen-bond acceptors (Lipinski definition) is 12. The average Bonchev–Trinajstić information content (AvgIpc) is 3.48. The first-order valence-corrected chi connectivity index (χ1v) is 14.1. The predicted molar refractivity (Wildman–Crippen MR) is 149 cm³/mol. The van der Waals surface area contributed by atoms with Crippen molar-refractivity contribution in [3.63, 3.8) is 0 Å². The van der Waals surface area contributed by atoms with Gasteiger partial charge in [0.1, 0.15) is 11.0 Å². The summed E-state index contributed by atoms with van der Waals surface area (Å²) in [6.07, 6.45) is 5.33. The second kappa shape index (κ2) is 12.3. The lowest BCUT2D eigenvalue weighted by atomic mass is 10.1. The molecule has 0 bridgehead atoms. The van der Waals surface area contributed by atoms with Crippen LogP contribution in [0.1, 0.15) is 19.3 Å². The summed E-state index contributed by atoms with van der Waals surface area (Å²) in [5.74, 6) is 2.21. The summed E-state index contributed by atoms with van der Waals surface area (Å²) in [6, 6.07) is 0. The van der Waals surface area contributed by atoms with Gasteiger partial charge in [-0.15, -0.1) is 11.3 Å². The smallest absolute Gasteiger partial charge is 0.228 e. The molecule has 200 valence electrons. The zero-order chi connectivity index (χ0) is 25.6. The van der Waals surface area contributed by atoms with Gasteiger partial charge in [0, 0.05) is 78.2 Å². The number of piperazine rings is 1. The molecule has 0 aliphatic carbocycles. The first-order chi connectivity index (χ1) is 18.2. The Hall–Kier alpha value is -2.54. The highest BCUT2D eigenvalue weighted by molar-refractivity contribution is 7.13. The van der Waals surface area contributed by atoms with Crippen molar-refractivity contribution in [1.29, 1.82) is 0 Å². The van der Waals surface area contributed by atoms with Crippen LogP contribution in [-0.4, -0.2) is 105 Å². The Labute approximate surface area is 226 Å². The van der Waals surface area contributed by atoms with Gasteiger partial charge in [-0.05, 0) is 30.9 Å². The van der Waals surface area contributed by atoms with Crippen LogP contribution < -0.4 is 19.6 Å². The van der Waals surface area contributed by atoms with E-state index in [-0.39, 0.29) is 5.28 Å². The molecule has 2 aliphatic heterocycles. The van der Waals surface area contributed by atoms with Crippen LogP contribution >= 0.6 is 22.9 Å². The van der Waals surface area contributed by atoms with Crippen LogP contribution in [0.2, 0.25) is 5.28 Å². The van der Waals surface area contributed by atoms with Gasteiger partial charge in [0.05, 0.1) is 13.2 Å². The molecule has 3 aromatic rings. The number of thiazole rings is 1. The van der Waals surface area contributed by atoms with E-state index in [4.69, 9.17) is 31.0 Å². The number of fused-ring (bicyclic) bond motifs is 1. The van der Waals surface area contributed by atoms with Gasteiger partial charge in [-0.3, -0.25) is 0 Å². The van der Waals surface area contributed by atoms with Gasteiger partial charge < -0.3 is 29.1 Å². The van der Waals surface area contributed by atoms with Crippen molar-refractivity contribution >= 4 is 56.7 Å². The minimum atomic E-state index is 0.225. The number of rotatable bonds is 10. The molecule has 0 N–H and O–H groups in total. The third kappa shape index (κ3) is 5.97. The van der Waals surface area contributed by atoms with E-state index < -0.39 is 0 Å². The molecule has 5 heterocycles. The summed E-state index contributed by atoms with van der Waals surface area (Å²) in [7, 11) is 3.40. The molecule has 2 aliphatic rings. The molecule has 0 amide bonds. The minimum Gasteiger partial charge on any atom is -0.383 e. The summed E-state index contributed by atoms with van der Waals surface area (Å²) in [6.45, 7) is 7.57. The molecule has 2 saturated heterocycles. The normalized spacial score (nSPS) is 16.6. The predicted octanol–water partition coefficient (Wildman–Crippen LogP) is 2.95. The van der Waals surface area contributed by atoms with E-state index in [1.807, 2.05) is 11.6 Å². The first-order valence-electron chi connectivity index (χ1n) is 12.8. The lowest BCUT2D eigenvalue weighted by Gasteiger charge is -2.36. The second-order valence-electron chi connectivity index (χ2n) is 9.17. The highest BCUT2D eigenvalue weighted by Crippen LogP contribution is 2.33. The standard InChI is InChI=1S/C24H34ClN9O2S/c1-35-15-13-33(14-16-36-2)23-28-19-18(27-22(25)29-20(19)31-7-4-3-5-8-31)21(30-23)32-9-11-34(12-10-32)24-26-6-17-37-24/h6,17H,3-5,7-16H2,1-2H3. The van der Waals surface area contributed by atoms with Gasteiger partial charge in [0.25, 0.3) is 0 Å². The van der Waals surface area contributed by atoms with E-state index in [0.29, 0.717) is 37.8 Å². The Morgan fingerprint density at radius 1 is 0.811 bits per heavy atom. The fourth-order valence-electron chi connectivity index (χ4n) is 4.83. The molecule has 3 aromatic heterocycles. The van der Waals surface area contributed by atoms with Gasteiger partial charge in [-0.25, -0.2) is 15.0 Å². The molecule has 0 unspecified atom stereocenters.